The number of benzene rings is 3. The van der Waals surface area contributed by atoms with E-state index < -0.39 is 11.8 Å². The molecule has 4 N–H and O–H groups in total. The molecule has 1 aliphatic rings. The third-order valence-corrected chi connectivity index (χ3v) is 5.69. The quantitative estimate of drug-likeness (QED) is 0.244. The van der Waals surface area contributed by atoms with Gasteiger partial charge in [-0.15, -0.1) is 0 Å². The minimum Gasteiger partial charge on any atom is -0.366 e. The second-order valence-electron chi connectivity index (χ2n) is 7.81. The van der Waals surface area contributed by atoms with E-state index in [0.29, 0.717) is 36.2 Å². The van der Waals surface area contributed by atoms with Crippen LogP contribution in [0.2, 0.25) is 0 Å². The number of nitrogens with one attached hydrogen (secondary N) is 1. The van der Waals surface area contributed by atoms with Crippen molar-refractivity contribution >= 4 is 29.4 Å². The SMILES string of the molecule is NC(=O)/C(=C/c1ccc(C(=O)N2CCc3ccc(C(=O)NO)cc3C2)cc1)c1ccccc1. The summed E-state index contributed by atoms with van der Waals surface area (Å²) in [6.45, 7) is 0.945. The number of carbonyl (C=O) groups is 3. The highest BCUT2D eigenvalue weighted by Crippen LogP contribution is 2.23. The first-order valence-electron chi connectivity index (χ1n) is 10.5. The molecule has 0 spiro atoms. The molecular weight excluding hydrogens is 418 g/mol. The fourth-order valence-electron chi connectivity index (χ4n) is 3.92. The molecule has 166 valence electrons. The number of hydrogen-bond acceptors (Lipinski definition) is 4. The lowest BCUT2D eigenvalue weighted by molar-refractivity contribution is -0.112. The van der Waals surface area contributed by atoms with Crippen molar-refractivity contribution in [3.05, 3.63) is 106 Å². The van der Waals surface area contributed by atoms with Crippen LogP contribution >= 0.6 is 0 Å². The Morgan fingerprint density at radius 3 is 2.24 bits per heavy atom. The van der Waals surface area contributed by atoms with Crippen molar-refractivity contribution in [2.24, 2.45) is 5.73 Å². The Morgan fingerprint density at radius 2 is 1.58 bits per heavy atom. The summed E-state index contributed by atoms with van der Waals surface area (Å²) < 4.78 is 0. The summed E-state index contributed by atoms with van der Waals surface area (Å²) in [5.74, 6) is -1.23. The molecule has 0 aliphatic carbocycles. The van der Waals surface area contributed by atoms with Crippen LogP contribution in [0.3, 0.4) is 0 Å². The normalized spacial score (nSPS) is 13.2. The van der Waals surface area contributed by atoms with E-state index in [9.17, 15) is 14.4 Å². The van der Waals surface area contributed by atoms with E-state index in [1.807, 2.05) is 36.4 Å². The zero-order valence-electron chi connectivity index (χ0n) is 17.8. The van der Waals surface area contributed by atoms with Gasteiger partial charge >= 0.3 is 0 Å². The molecule has 1 heterocycles. The Hall–Kier alpha value is -4.23. The zero-order valence-corrected chi connectivity index (χ0v) is 17.8. The van der Waals surface area contributed by atoms with Gasteiger partial charge in [-0.1, -0.05) is 48.5 Å². The molecule has 0 saturated heterocycles. The van der Waals surface area contributed by atoms with Crippen LogP contribution < -0.4 is 11.2 Å². The average Bonchev–Trinajstić information content (AvgIpc) is 2.86. The highest BCUT2D eigenvalue weighted by molar-refractivity contribution is 6.23. The van der Waals surface area contributed by atoms with E-state index in [-0.39, 0.29) is 5.91 Å². The van der Waals surface area contributed by atoms with Crippen molar-refractivity contribution < 1.29 is 19.6 Å². The average molecular weight is 441 g/mol. The fraction of sp³-hybridized carbons (Fsp3) is 0.115. The van der Waals surface area contributed by atoms with Gasteiger partial charge < -0.3 is 10.6 Å². The molecule has 3 aromatic rings. The summed E-state index contributed by atoms with van der Waals surface area (Å²) in [5, 5.41) is 8.86. The van der Waals surface area contributed by atoms with Crippen molar-refractivity contribution in [3.8, 4) is 0 Å². The lowest BCUT2D eigenvalue weighted by atomic mass is 9.96. The van der Waals surface area contributed by atoms with Crippen molar-refractivity contribution in [1.82, 2.24) is 10.4 Å². The van der Waals surface area contributed by atoms with E-state index in [0.717, 1.165) is 22.3 Å². The highest BCUT2D eigenvalue weighted by Gasteiger charge is 2.22. The molecule has 0 radical (unpaired) electrons. The minimum absolute atomic E-state index is 0.119. The van der Waals surface area contributed by atoms with Crippen LogP contribution in [0, 0.1) is 0 Å². The largest absolute Gasteiger partial charge is 0.366 e. The van der Waals surface area contributed by atoms with E-state index in [2.05, 4.69) is 0 Å². The number of fused-ring (bicyclic) bond motifs is 1. The molecule has 0 saturated carbocycles. The predicted molar refractivity (Wildman–Crippen MR) is 124 cm³/mol. The molecule has 0 atom stereocenters. The predicted octanol–water partition coefficient (Wildman–Crippen LogP) is 3.03. The van der Waals surface area contributed by atoms with Crippen LogP contribution in [0.4, 0.5) is 0 Å². The maximum absolute atomic E-state index is 13.1. The Morgan fingerprint density at radius 1 is 0.879 bits per heavy atom. The monoisotopic (exact) mass is 441 g/mol. The maximum Gasteiger partial charge on any atom is 0.274 e. The van der Waals surface area contributed by atoms with Crippen LogP contribution in [0.5, 0.6) is 0 Å². The standard InChI is InChI=1S/C26H23N3O4/c27-24(30)23(19-4-2-1-3-5-19)14-17-6-8-20(9-7-17)26(32)29-13-12-18-10-11-21(25(31)28-33)15-22(18)16-29/h1-11,14-15,33H,12-13,16H2,(H2,27,30)(H,28,31)/b23-14+. The molecule has 3 amide bonds. The number of nitrogens with zero attached hydrogens (tertiary/aromatic N) is 1. The molecule has 33 heavy (non-hydrogen) atoms. The summed E-state index contributed by atoms with van der Waals surface area (Å²) in [6.07, 6.45) is 2.39. The third-order valence-electron chi connectivity index (χ3n) is 5.69. The molecule has 0 unspecified atom stereocenters. The van der Waals surface area contributed by atoms with Crippen LogP contribution in [0.25, 0.3) is 11.6 Å². The van der Waals surface area contributed by atoms with Crippen molar-refractivity contribution in [1.29, 1.82) is 0 Å². The number of carbonyl (C=O) groups excluding carboxylic acids is 3. The second kappa shape index (κ2) is 9.50. The molecule has 4 rings (SSSR count). The van der Waals surface area contributed by atoms with Crippen LogP contribution in [-0.4, -0.2) is 34.4 Å². The summed E-state index contributed by atoms with van der Waals surface area (Å²) in [7, 11) is 0. The van der Waals surface area contributed by atoms with Crippen molar-refractivity contribution in [2.45, 2.75) is 13.0 Å². The topological polar surface area (TPSA) is 113 Å². The Kier molecular flexibility index (Phi) is 6.33. The second-order valence-corrected chi connectivity index (χ2v) is 7.81. The molecule has 0 aromatic heterocycles. The van der Waals surface area contributed by atoms with Gasteiger partial charge in [0.15, 0.2) is 0 Å². The van der Waals surface area contributed by atoms with Gasteiger partial charge in [0.05, 0.1) is 0 Å². The van der Waals surface area contributed by atoms with Gasteiger partial charge in [0, 0.05) is 29.8 Å². The molecule has 3 aromatic carbocycles. The first-order valence-corrected chi connectivity index (χ1v) is 10.5. The fourth-order valence-corrected chi connectivity index (χ4v) is 3.92. The number of hydrogen-bond donors (Lipinski definition) is 3. The lowest BCUT2D eigenvalue weighted by Crippen LogP contribution is -2.36. The molecule has 0 fully saturated rings. The molecule has 1 aliphatic heterocycles. The molecule has 0 bridgehead atoms. The van der Waals surface area contributed by atoms with E-state index in [1.165, 1.54) is 0 Å². The lowest BCUT2D eigenvalue weighted by Gasteiger charge is -2.29. The van der Waals surface area contributed by atoms with Crippen molar-refractivity contribution in [3.63, 3.8) is 0 Å². The van der Waals surface area contributed by atoms with Gasteiger partial charge in [0.1, 0.15) is 0 Å². The number of primary amides is 1. The maximum atomic E-state index is 13.1. The van der Waals surface area contributed by atoms with Crippen LogP contribution in [0.1, 0.15) is 43.0 Å². The van der Waals surface area contributed by atoms with Gasteiger partial charge in [0.2, 0.25) is 5.91 Å². The first-order chi connectivity index (χ1) is 16.0. The Balaban J connectivity index is 1.52. The molecule has 7 heteroatoms. The number of amides is 3. The first kappa shape index (κ1) is 22.0. The zero-order chi connectivity index (χ0) is 23.4. The summed E-state index contributed by atoms with van der Waals surface area (Å²) >= 11 is 0. The Bertz CT molecular complexity index is 1230. The summed E-state index contributed by atoms with van der Waals surface area (Å²) in [6, 6.07) is 21.4. The van der Waals surface area contributed by atoms with E-state index in [4.69, 9.17) is 10.9 Å². The van der Waals surface area contributed by atoms with E-state index in [1.54, 1.807) is 52.9 Å². The molecular formula is C26H23N3O4. The van der Waals surface area contributed by atoms with Crippen molar-refractivity contribution in [2.75, 3.05) is 6.54 Å². The van der Waals surface area contributed by atoms with Gasteiger partial charge in [-0.05, 0) is 59.0 Å². The summed E-state index contributed by atoms with van der Waals surface area (Å²) in [5.41, 5.74) is 11.9. The highest BCUT2D eigenvalue weighted by atomic mass is 16.5. The smallest absolute Gasteiger partial charge is 0.274 e. The van der Waals surface area contributed by atoms with Gasteiger partial charge in [-0.2, -0.15) is 0 Å². The summed E-state index contributed by atoms with van der Waals surface area (Å²) in [4.78, 5) is 38.4. The third kappa shape index (κ3) is 4.83. The van der Waals surface area contributed by atoms with Gasteiger partial charge in [0.25, 0.3) is 11.8 Å². The van der Waals surface area contributed by atoms with Crippen LogP contribution in [0.15, 0.2) is 72.8 Å². The number of hydroxylamine groups is 1. The van der Waals surface area contributed by atoms with E-state index >= 15 is 0 Å². The van der Waals surface area contributed by atoms with Crippen LogP contribution in [-0.2, 0) is 17.8 Å². The number of nitrogens with two attached hydrogens (primary N) is 1. The molecule has 7 nitrogen and oxygen atoms in total. The number of rotatable bonds is 5. The Labute approximate surface area is 191 Å². The van der Waals surface area contributed by atoms with Gasteiger partial charge in [-0.25, -0.2) is 5.48 Å². The van der Waals surface area contributed by atoms with Gasteiger partial charge in [-0.3, -0.25) is 19.6 Å². The minimum atomic E-state index is -0.587.